The molecule has 3 heteroatoms. The zero-order valence-corrected chi connectivity index (χ0v) is 10.3. The van der Waals surface area contributed by atoms with Crippen LogP contribution in [0.15, 0.2) is 0 Å². The highest BCUT2D eigenvalue weighted by molar-refractivity contribution is 5.84. The molecule has 1 atom stereocenters. The van der Waals surface area contributed by atoms with E-state index in [4.69, 9.17) is 5.73 Å². The lowest BCUT2D eigenvalue weighted by molar-refractivity contribution is -0.125. The zero-order chi connectivity index (χ0) is 11.6. The van der Waals surface area contributed by atoms with Gasteiger partial charge in [0.25, 0.3) is 0 Å². The van der Waals surface area contributed by atoms with Crippen molar-refractivity contribution in [3.05, 3.63) is 0 Å². The number of rotatable bonds is 5. The van der Waals surface area contributed by atoms with Crippen LogP contribution in [0.1, 0.15) is 58.3 Å². The number of nitrogens with two attached hydrogens (primary N) is 1. The first-order chi connectivity index (χ1) is 7.60. The summed E-state index contributed by atoms with van der Waals surface area (Å²) in [6.45, 7) is 1.99. The number of hydrogen-bond donors (Lipinski definition) is 2. The molecule has 0 aromatic rings. The summed E-state index contributed by atoms with van der Waals surface area (Å²) in [6, 6.07) is 0.512. The lowest BCUT2D eigenvalue weighted by Gasteiger charge is -2.37. The van der Waals surface area contributed by atoms with Crippen LogP contribution < -0.4 is 11.1 Å². The van der Waals surface area contributed by atoms with Crippen LogP contribution in [0.2, 0.25) is 0 Å². The summed E-state index contributed by atoms with van der Waals surface area (Å²) in [5.74, 6) is 0.540. The quantitative estimate of drug-likeness (QED) is 0.750. The summed E-state index contributed by atoms with van der Waals surface area (Å²) in [4.78, 5) is 11.6. The molecule has 2 saturated carbocycles. The van der Waals surface area contributed by atoms with Crippen LogP contribution in [-0.4, -0.2) is 17.5 Å². The monoisotopic (exact) mass is 224 g/mol. The van der Waals surface area contributed by atoms with E-state index in [1.54, 1.807) is 0 Å². The molecule has 0 aromatic heterocycles. The largest absolute Gasteiger partial charge is 0.368 e. The van der Waals surface area contributed by atoms with Gasteiger partial charge in [-0.1, -0.05) is 32.1 Å². The van der Waals surface area contributed by atoms with Gasteiger partial charge in [-0.25, -0.2) is 0 Å². The summed E-state index contributed by atoms with van der Waals surface area (Å²) in [5.41, 5.74) is 5.10. The molecule has 16 heavy (non-hydrogen) atoms. The topological polar surface area (TPSA) is 55.1 Å². The molecule has 0 heterocycles. The van der Waals surface area contributed by atoms with Crippen LogP contribution in [0, 0.1) is 5.92 Å². The van der Waals surface area contributed by atoms with E-state index in [-0.39, 0.29) is 5.91 Å². The Balaban J connectivity index is 1.92. The second-order valence-corrected chi connectivity index (χ2v) is 5.82. The minimum atomic E-state index is -0.472. The molecule has 2 aliphatic rings. The van der Waals surface area contributed by atoms with Gasteiger partial charge in [-0.05, 0) is 32.1 Å². The summed E-state index contributed by atoms with van der Waals surface area (Å²) in [5, 5.41) is 3.52. The van der Waals surface area contributed by atoms with Gasteiger partial charge in [-0.15, -0.1) is 0 Å². The smallest absolute Gasteiger partial charge is 0.237 e. The van der Waals surface area contributed by atoms with Crippen molar-refractivity contribution < 1.29 is 4.79 Å². The van der Waals surface area contributed by atoms with Gasteiger partial charge in [0, 0.05) is 6.04 Å². The van der Waals surface area contributed by atoms with Crippen molar-refractivity contribution in [2.75, 3.05) is 0 Å². The van der Waals surface area contributed by atoms with E-state index in [1.807, 2.05) is 6.92 Å². The number of nitrogens with one attached hydrogen (secondary N) is 1. The van der Waals surface area contributed by atoms with Crippen molar-refractivity contribution in [3.63, 3.8) is 0 Å². The Morgan fingerprint density at radius 3 is 2.31 bits per heavy atom. The molecule has 0 bridgehead atoms. The molecule has 92 valence electrons. The van der Waals surface area contributed by atoms with Crippen molar-refractivity contribution in [2.45, 2.75) is 69.9 Å². The Morgan fingerprint density at radius 1 is 1.25 bits per heavy atom. The van der Waals surface area contributed by atoms with Crippen molar-refractivity contribution in [1.82, 2.24) is 5.32 Å². The highest BCUT2D eigenvalue weighted by Crippen LogP contribution is 2.34. The van der Waals surface area contributed by atoms with E-state index >= 15 is 0 Å². The summed E-state index contributed by atoms with van der Waals surface area (Å²) >= 11 is 0. The van der Waals surface area contributed by atoms with Crippen LogP contribution in [0.4, 0.5) is 0 Å². The van der Waals surface area contributed by atoms with E-state index in [1.165, 1.54) is 44.9 Å². The molecule has 2 aliphatic carbocycles. The average molecular weight is 224 g/mol. The number of carbonyl (C=O) groups is 1. The number of hydrogen-bond acceptors (Lipinski definition) is 2. The molecule has 0 aliphatic heterocycles. The lowest BCUT2D eigenvalue weighted by Crippen LogP contribution is -2.57. The third kappa shape index (κ3) is 2.57. The SMILES string of the molecule is CC(CC1CCC1)(NC1CCCC1)C(N)=O. The van der Waals surface area contributed by atoms with Crippen LogP contribution in [-0.2, 0) is 4.79 Å². The molecule has 0 spiro atoms. The number of primary amides is 1. The Hall–Kier alpha value is -0.570. The molecular weight excluding hydrogens is 200 g/mol. The second kappa shape index (κ2) is 4.74. The van der Waals surface area contributed by atoms with E-state index in [0.717, 1.165) is 6.42 Å². The van der Waals surface area contributed by atoms with Gasteiger partial charge in [0.1, 0.15) is 0 Å². The molecule has 2 rings (SSSR count). The van der Waals surface area contributed by atoms with Gasteiger partial charge in [0.15, 0.2) is 0 Å². The fourth-order valence-electron chi connectivity index (χ4n) is 3.03. The van der Waals surface area contributed by atoms with Crippen molar-refractivity contribution in [1.29, 1.82) is 0 Å². The Bertz CT molecular complexity index is 257. The van der Waals surface area contributed by atoms with E-state index < -0.39 is 5.54 Å². The molecule has 1 unspecified atom stereocenters. The predicted molar refractivity (Wildman–Crippen MR) is 64.9 cm³/mol. The molecule has 0 aromatic carbocycles. The third-order valence-electron chi connectivity index (χ3n) is 4.34. The van der Waals surface area contributed by atoms with E-state index in [0.29, 0.717) is 12.0 Å². The predicted octanol–water partition coefficient (Wildman–Crippen LogP) is 1.95. The number of amides is 1. The van der Waals surface area contributed by atoms with Crippen LogP contribution in [0.5, 0.6) is 0 Å². The van der Waals surface area contributed by atoms with E-state index in [9.17, 15) is 4.79 Å². The first-order valence-corrected chi connectivity index (χ1v) is 6.68. The lowest BCUT2D eigenvalue weighted by atomic mass is 9.76. The fourth-order valence-corrected chi connectivity index (χ4v) is 3.03. The van der Waals surface area contributed by atoms with Crippen molar-refractivity contribution in [2.24, 2.45) is 11.7 Å². The van der Waals surface area contributed by atoms with E-state index in [2.05, 4.69) is 5.32 Å². The summed E-state index contributed by atoms with van der Waals surface area (Å²) < 4.78 is 0. The van der Waals surface area contributed by atoms with Gasteiger partial charge in [-0.2, -0.15) is 0 Å². The third-order valence-corrected chi connectivity index (χ3v) is 4.34. The first kappa shape index (κ1) is 11.9. The first-order valence-electron chi connectivity index (χ1n) is 6.68. The molecule has 3 nitrogen and oxygen atoms in total. The highest BCUT2D eigenvalue weighted by atomic mass is 16.1. The fraction of sp³-hybridized carbons (Fsp3) is 0.923. The van der Waals surface area contributed by atoms with Gasteiger partial charge in [0.2, 0.25) is 5.91 Å². The maximum absolute atomic E-state index is 11.6. The van der Waals surface area contributed by atoms with Gasteiger partial charge in [0.05, 0.1) is 5.54 Å². The summed E-state index contributed by atoms with van der Waals surface area (Å²) in [6.07, 6.45) is 9.78. The molecule has 0 radical (unpaired) electrons. The number of carbonyl (C=O) groups excluding carboxylic acids is 1. The van der Waals surface area contributed by atoms with Gasteiger partial charge >= 0.3 is 0 Å². The van der Waals surface area contributed by atoms with Crippen molar-refractivity contribution in [3.8, 4) is 0 Å². The van der Waals surface area contributed by atoms with Crippen LogP contribution >= 0.6 is 0 Å². The highest BCUT2D eigenvalue weighted by Gasteiger charge is 2.37. The molecule has 1 amide bonds. The Kier molecular flexibility index (Phi) is 3.53. The molecule has 3 N–H and O–H groups in total. The average Bonchev–Trinajstić information content (AvgIpc) is 2.64. The van der Waals surface area contributed by atoms with Crippen LogP contribution in [0.3, 0.4) is 0 Å². The molecular formula is C13H24N2O. The van der Waals surface area contributed by atoms with Gasteiger partial charge in [-0.3, -0.25) is 4.79 Å². The van der Waals surface area contributed by atoms with Crippen LogP contribution in [0.25, 0.3) is 0 Å². The normalized spacial score (nSPS) is 26.3. The van der Waals surface area contributed by atoms with Crippen molar-refractivity contribution >= 4 is 5.91 Å². The molecule has 0 saturated heterocycles. The maximum atomic E-state index is 11.6. The Morgan fingerprint density at radius 2 is 1.88 bits per heavy atom. The molecule has 2 fully saturated rings. The summed E-state index contributed by atoms with van der Waals surface area (Å²) in [7, 11) is 0. The standard InChI is InChI=1S/C13H24N2O/c1-13(12(14)16,9-10-5-4-6-10)15-11-7-2-3-8-11/h10-11,15H,2-9H2,1H3,(H2,14,16). The zero-order valence-electron chi connectivity index (χ0n) is 10.3. The minimum absolute atomic E-state index is 0.175. The second-order valence-electron chi connectivity index (χ2n) is 5.82. The van der Waals surface area contributed by atoms with Gasteiger partial charge < -0.3 is 11.1 Å². The minimum Gasteiger partial charge on any atom is -0.368 e. The Labute approximate surface area is 98.2 Å². The maximum Gasteiger partial charge on any atom is 0.237 e.